The molecule has 21 heavy (non-hydrogen) atoms. The van der Waals surface area contributed by atoms with E-state index in [0.717, 1.165) is 13.0 Å². The predicted octanol–water partition coefficient (Wildman–Crippen LogP) is 4.55. The van der Waals surface area contributed by atoms with Gasteiger partial charge in [-0.2, -0.15) is 0 Å². The Hall–Kier alpha value is -0.120. The van der Waals surface area contributed by atoms with Crippen LogP contribution in [0.3, 0.4) is 0 Å². The summed E-state index contributed by atoms with van der Waals surface area (Å²) in [6.45, 7) is 5.30. The van der Waals surface area contributed by atoms with Crippen LogP contribution in [0.5, 0.6) is 0 Å². The first-order valence-electron chi connectivity index (χ1n) is 8.59. The van der Waals surface area contributed by atoms with E-state index >= 15 is 0 Å². The summed E-state index contributed by atoms with van der Waals surface area (Å²) in [4.78, 5) is 0. The Bertz CT molecular complexity index is 185. The highest BCUT2D eigenvalue weighted by Gasteiger charge is 2.12. The van der Waals surface area contributed by atoms with Crippen molar-refractivity contribution in [2.75, 3.05) is 19.8 Å². The van der Waals surface area contributed by atoms with Crippen LogP contribution in [0.2, 0.25) is 0 Å². The Labute approximate surface area is 133 Å². The van der Waals surface area contributed by atoms with Gasteiger partial charge in [-0.25, -0.2) is 0 Å². The van der Waals surface area contributed by atoms with E-state index in [-0.39, 0.29) is 20.0 Å². The molecule has 0 saturated heterocycles. The van der Waals surface area contributed by atoms with Crippen LogP contribution in [0.4, 0.5) is 0 Å². The topological polar surface area (TPSA) is 49.7 Å². The third kappa shape index (κ3) is 16.1. The molecule has 0 fully saturated rings. The van der Waals surface area contributed by atoms with Crippen molar-refractivity contribution in [1.29, 1.82) is 0 Å². The molecular weight excluding hydrogens is 264 g/mol. The van der Waals surface area contributed by atoms with Crippen LogP contribution in [-0.4, -0.2) is 36.1 Å². The highest BCUT2D eigenvalue weighted by Crippen LogP contribution is 2.10. The van der Waals surface area contributed by atoms with Crippen LogP contribution in [0.25, 0.3) is 0 Å². The van der Waals surface area contributed by atoms with Crippen molar-refractivity contribution in [2.45, 2.75) is 91.6 Å². The Morgan fingerprint density at radius 3 is 1.81 bits per heavy atom. The minimum Gasteiger partial charge on any atom is -0.394 e. The van der Waals surface area contributed by atoms with E-state index in [1.807, 2.05) is 6.92 Å². The number of rotatable bonds is 15. The summed E-state index contributed by atoms with van der Waals surface area (Å²) in [6.07, 6.45) is 12.7. The molecule has 0 radical (unpaired) electrons. The molecule has 0 aromatic carbocycles. The van der Waals surface area contributed by atoms with Gasteiger partial charge in [-0.05, 0) is 6.42 Å². The number of unbranched alkanes of at least 4 members (excludes halogenated alkanes) is 9. The summed E-state index contributed by atoms with van der Waals surface area (Å²) in [5, 5.41) is 18.2. The fourth-order valence-electron chi connectivity index (χ4n) is 2.25. The summed E-state index contributed by atoms with van der Waals surface area (Å²) in [6, 6.07) is 0. The maximum atomic E-state index is 9.37. The quantitative estimate of drug-likeness (QED) is 0.436. The molecule has 3 heteroatoms. The zero-order valence-electron chi connectivity index (χ0n) is 13.6. The summed E-state index contributed by atoms with van der Waals surface area (Å²) >= 11 is 0. The molecule has 0 spiro atoms. The highest BCUT2D eigenvalue weighted by atomic mass is 16.5. The zero-order valence-corrected chi connectivity index (χ0v) is 13.6. The van der Waals surface area contributed by atoms with Gasteiger partial charge in [0.2, 0.25) is 0 Å². The van der Waals surface area contributed by atoms with Gasteiger partial charge in [0, 0.05) is 12.5 Å². The number of ether oxygens (including phenoxy) is 1. The molecule has 0 aromatic heterocycles. The average molecular weight is 305 g/mol. The largest absolute Gasteiger partial charge is 0.394 e. The van der Waals surface area contributed by atoms with Crippen LogP contribution in [-0.2, 0) is 4.74 Å². The molecule has 0 aliphatic carbocycles. The minimum atomic E-state index is -0.650. The second-order valence-corrected chi connectivity index (χ2v) is 5.98. The van der Waals surface area contributed by atoms with Gasteiger partial charge >= 0.3 is 0 Å². The fraction of sp³-hybridized carbons (Fsp3) is 1.00. The summed E-state index contributed by atoms with van der Waals surface area (Å²) < 4.78 is 5.52. The molecule has 2 N–H and O–H groups in total. The Morgan fingerprint density at radius 2 is 1.33 bits per heavy atom. The fourth-order valence-corrected chi connectivity index (χ4v) is 2.25. The monoisotopic (exact) mass is 304 g/mol. The van der Waals surface area contributed by atoms with E-state index in [2.05, 4.69) is 6.92 Å². The molecule has 0 saturated carbocycles. The van der Waals surface area contributed by atoms with Crippen molar-refractivity contribution in [3.05, 3.63) is 0 Å². The third-order valence-electron chi connectivity index (χ3n) is 3.87. The van der Waals surface area contributed by atoms with E-state index in [9.17, 15) is 5.11 Å². The van der Waals surface area contributed by atoms with Crippen molar-refractivity contribution >= 4 is 0 Å². The van der Waals surface area contributed by atoms with E-state index in [4.69, 9.17) is 9.84 Å². The SMILES string of the molecule is C.CCCCCCCCCCCCOCC(C)C(O)CO. The molecule has 130 valence electrons. The predicted molar refractivity (Wildman–Crippen MR) is 91.7 cm³/mol. The maximum absolute atomic E-state index is 9.37. The Balaban J connectivity index is 0. The number of aliphatic hydroxyl groups excluding tert-OH is 2. The molecule has 0 bridgehead atoms. The lowest BCUT2D eigenvalue weighted by molar-refractivity contribution is 0.00564. The van der Waals surface area contributed by atoms with Gasteiger partial charge in [0.25, 0.3) is 0 Å². The lowest BCUT2D eigenvalue weighted by Crippen LogP contribution is -2.25. The Morgan fingerprint density at radius 1 is 0.857 bits per heavy atom. The number of hydrogen-bond acceptors (Lipinski definition) is 3. The first kappa shape index (κ1) is 23.2. The van der Waals surface area contributed by atoms with Crippen molar-refractivity contribution in [3.8, 4) is 0 Å². The van der Waals surface area contributed by atoms with Crippen LogP contribution < -0.4 is 0 Å². The molecule has 0 heterocycles. The van der Waals surface area contributed by atoms with E-state index in [1.54, 1.807) is 0 Å². The van der Waals surface area contributed by atoms with Crippen molar-refractivity contribution in [3.63, 3.8) is 0 Å². The lowest BCUT2D eigenvalue weighted by atomic mass is 10.1. The van der Waals surface area contributed by atoms with Gasteiger partial charge in [0.15, 0.2) is 0 Å². The highest BCUT2D eigenvalue weighted by molar-refractivity contribution is 4.61. The number of hydrogen-bond donors (Lipinski definition) is 2. The molecule has 0 aromatic rings. The Kier molecular flexibility index (Phi) is 19.8. The normalized spacial score (nSPS) is 13.7. The molecule has 2 unspecified atom stereocenters. The van der Waals surface area contributed by atoms with Crippen LogP contribution >= 0.6 is 0 Å². The van der Waals surface area contributed by atoms with E-state index < -0.39 is 6.10 Å². The van der Waals surface area contributed by atoms with Crippen LogP contribution in [0, 0.1) is 5.92 Å². The lowest BCUT2D eigenvalue weighted by Gasteiger charge is -2.16. The van der Waals surface area contributed by atoms with Gasteiger partial charge in [0.1, 0.15) is 0 Å². The first-order chi connectivity index (χ1) is 9.72. The molecule has 0 aliphatic heterocycles. The van der Waals surface area contributed by atoms with E-state index in [0.29, 0.717) is 6.61 Å². The maximum Gasteiger partial charge on any atom is 0.0818 e. The minimum absolute atomic E-state index is 0. The van der Waals surface area contributed by atoms with Gasteiger partial charge in [-0.3, -0.25) is 0 Å². The van der Waals surface area contributed by atoms with Crippen molar-refractivity contribution < 1.29 is 14.9 Å². The molecule has 2 atom stereocenters. The average Bonchev–Trinajstić information content (AvgIpc) is 2.47. The first-order valence-corrected chi connectivity index (χ1v) is 8.59. The van der Waals surface area contributed by atoms with E-state index in [1.165, 1.54) is 57.8 Å². The molecule has 0 amide bonds. The second-order valence-electron chi connectivity index (χ2n) is 5.98. The molecule has 0 rings (SSSR count). The van der Waals surface area contributed by atoms with Gasteiger partial charge in [-0.15, -0.1) is 0 Å². The molecular formula is C18H40O3. The van der Waals surface area contributed by atoms with Crippen LogP contribution in [0.15, 0.2) is 0 Å². The second kappa shape index (κ2) is 17.9. The van der Waals surface area contributed by atoms with Gasteiger partial charge < -0.3 is 14.9 Å². The van der Waals surface area contributed by atoms with Crippen molar-refractivity contribution in [2.24, 2.45) is 5.92 Å². The molecule has 3 nitrogen and oxygen atoms in total. The molecule has 0 aliphatic rings. The summed E-state index contributed by atoms with van der Waals surface area (Å²) in [7, 11) is 0. The number of aliphatic hydroxyl groups is 2. The van der Waals surface area contributed by atoms with Gasteiger partial charge in [0.05, 0.1) is 19.3 Å². The standard InChI is InChI=1S/C17H36O3.CH4/c1-3-4-5-6-7-8-9-10-11-12-13-20-15-16(2)17(19)14-18;/h16-19H,3-15H2,1-2H3;1H4. The zero-order chi connectivity index (χ0) is 15.1. The van der Waals surface area contributed by atoms with Crippen LogP contribution in [0.1, 0.15) is 85.5 Å². The van der Waals surface area contributed by atoms with Gasteiger partial charge in [-0.1, -0.05) is 79.1 Å². The summed E-state index contributed by atoms with van der Waals surface area (Å²) in [5.41, 5.74) is 0. The smallest absolute Gasteiger partial charge is 0.0818 e. The summed E-state index contributed by atoms with van der Waals surface area (Å²) in [5.74, 6) is 0.0168. The van der Waals surface area contributed by atoms with Crippen molar-refractivity contribution in [1.82, 2.24) is 0 Å². The third-order valence-corrected chi connectivity index (χ3v) is 3.87.